The summed E-state index contributed by atoms with van der Waals surface area (Å²) in [5.41, 5.74) is 5.33. The van der Waals surface area contributed by atoms with Gasteiger partial charge in [-0.3, -0.25) is 20.4 Å². The average molecular weight is 370 g/mol. The van der Waals surface area contributed by atoms with Gasteiger partial charge in [0, 0.05) is 11.1 Å². The minimum absolute atomic E-state index is 0.117. The molecular formula is C19H18N2O6. The Morgan fingerprint density at radius 3 is 2.41 bits per heavy atom. The van der Waals surface area contributed by atoms with E-state index in [1.165, 1.54) is 13.2 Å². The number of carbonyl (C=O) groups is 2. The van der Waals surface area contributed by atoms with Crippen molar-refractivity contribution in [2.24, 2.45) is 0 Å². The second-order valence-corrected chi connectivity index (χ2v) is 5.44. The molecule has 8 nitrogen and oxygen atoms in total. The van der Waals surface area contributed by atoms with Crippen LogP contribution in [0.5, 0.6) is 23.0 Å². The van der Waals surface area contributed by atoms with Crippen molar-refractivity contribution in [3.63, 3.8) is 0 Å². The highest BCUT2D eigenvalue weighted by Gasteiger charge is 2.17. The van der Waals surface area contributed by atoms with Crippen molar-refractivity contribution in [3.8, 4) is 23.0 Å². The number of methoxy groups -OCH3 is 1. The van der Waals surface area contributed by atoms with Crippen LogP contribution in [0.25, 0.3) is 0 Å². The van der Waals surface area contributed by atoms with E-state index in [-0.39, 0.29) is 6.79 Å². The van der Waals surface area contributed by atoms with Gasteiger partial charge in [0.25, 0.3) is 11.8 Å². The zero-order valence-electron chi connectivity index (χ0n) is 14.6. The molecule has 2 aromatic carbocycles. The Bertz CT molecular complexity index is 880. The molecule has 0 radical (unpaired) electrons. The molecule has 0 saturated heterocycles. The van der Waals surface area contributed by atoms with Gasteiger partial charge in [0.2, 0.25) is 6.79 Å². The van der Waals surface area contributed by atoms with Gasteiger partial charge in [0.15, 0.2) is 23.0 Å². The molecule has 0 unspecified atom stereocenters. The SMILES string of the molecule is C=CCOc1ccc(C(=O)NNC(=O)c2ccc3c(c2)OCO3)cc1OC. The fourth-order valence-electron chi connectivity index (χ4n) is 2.37. The Morgan fingerprint density at radius 1 is 1.04 bits per heavy atom. The smallest absolute Gasteiger partial charge is 0.269 e. The fourth-order valence-corrected chi connectivity index (χ4v) is 2.37. The van der Waals surface area contributed by atoms with Crippen molar-refractivity contribution in [1.29, 1.82) is 0 Å². The predicted octanol–water partition coefficient (Wildman–Crippen LogP) is 2.06. The molecule has 2 aromatic rings. The zero-order chi connectivity index (χ0) is 19.2. The summed E-state index contributed by atoms with van der Waals surface area (Å²) < 4.78 is 21.1. The van der Waals surface area contributed by atoms with E-state index >= 15 is 0 Å². The van der Waals surface area contributed by atoms with Crippen LogP contribution >= 0.6 is 0 Å². The summed E-state index contributed by atoms with van der Waals surface area (Å²) in [5.74, 6) is 0.942. The molecule has 8 heteroatoms. The molecule has 1 heterocycles. The molecule has 2 N–H and O–H groups in total. The highest BCUT2D eigenvalue weighted by Crippen LogP contribution is 2.32. The first kappa shape index (κ1) is 18.1. The van der Waals surface area contributed by atoms with Gasteiger partial charge in [0.1, 0.15) is 6.61 Å². The summed E-state index contributed by atoms with van der Waals surface area (Å²) in [6.07, 6.45) is 1.60. The van der Waals surface area contributed by atoms with E-state index in [9.17, 15) is 9.59 Å². The van der Waals surface area contributed by atoms with Crippen molar-refractivity contribution in [2.45, 2.75) is 0 Å². The Hall–Kier alpha value is -3.68. The second-order valence-electron chi connectivity index (χ2n) is 5.44. The Labute approximate surface area is 155 Å². The lowest BCUT2D eigenvalue weighted by atomic mass is 10.2. The molecule has 0 bridgehead atoms. The van der Waals surface area contributed by atoms with E-state index in [1.54, 1.807) is 36.4 Å². The monoisotopic (exact) mass is 370 g/mol. The van der Waals surface area contributed by atoms with Gasteiger partial charge in [-0.2, -0.15) is 0 Å². The van der Waals surface area contributed by atoms with Gasteiger partial charge < -0.3 is 18.9 Å². The summed E-state index contributed by atoms with van der Waals surface area (Å²) in [4.78, 5) is 24.5. The highest BCUT2D eigenvalue weighted by atomic mass is 16.7. The Balaban J connectivity index is 1.63. The largest absolute Gasteiger partial charge is 0.493 e. The van der Waals surface area contributed by atoms with Gasteiger partial charge in [-0.15, -0.1) is 0 Å². The second kappa shape index (κ2) is 8.13. The Morgan fingerprint density at radius 2 is 1.70 bits per heavy atom. The van der Waals surface area contributed by atoms with Gasteiger partial charge in [0.05, 0.1) is 7.11 Å². The van der Waals surface area contributed by atoms with E-state index in [2.05, 4.69) is 17.4 Å². The molecule has 0 aliphatic carbocycles. The van der Waals surface area contributed by atoms with E-state index < -0.39 is 11.8 Å². The lowest BCUT2D eigenvalue weighted by Crippen LogP contribution is -2.41. The number of hydrogen-bond acceptors (Lipinski definition) is 6. The van der Waals surface area contributed by atoms with Crippen LogP contribution < -0.4 is 29.8 Å². The molecule has 0 fully saturated rings. The van der Waals surface area contributed by atoms with Gasteiger partial charge in [-0.05, 0) is 36.4 Å². The van der Waals surface area contributed by atoms with E-state index in [0.717, 1.165) is 0 Å². The number of fused-ring (bicyclic) bond motifs is 1. The quantitative estimate of drug-likeness (QED) is 0.597. The fraction of sp³-hybridized carbons (Fsp3) is 0.158. The van der Waals surface area contributed by atoms with Crippen molar-refractivity contribution in [1.82, 2.24) is 10.9 Å². The molecule has 1 aliphatic rings. The van der Waals surface area contributed by atoms with Crippen LogP contribution in [0.1, 0.15) is 20.7 Å². The first-order valence-corrected chi connectivity index (χ1v) is 8.04. The highest BCUT2D eigenvalue weighted by molar-refractivity contribution is 5.99. The number of carbonyl (C=O) groups excluding carboxylic acids is 2. The van der Waals surface area contributed by atoms with Crippen molar-refractivity contribution in [2.75, 3.05) is 20.5 Å². The predicted molar refractivity (Wildman–Crippen MR) is 96.2 cm³/mol. The molecule has 27 heavy (non-hydrogen) atoms. The Kier molecular flexibility index (Phi) is 5.46. The van der Waals surface area contributed by atoms with Crippen LogP contribution in [0.15, 0.2) is 49.1 Å². The maximum atomic E-state index is 12.3. The van der Waals surface area contributed by atoms with Gasteiger partial charge in [-0.1, -0.05) is 12.7 Å². The van der Waals surface area contributed by atoms with Crippen LogP contribution in [0.3, 0.4) is 0 Å². The third-order valence-corrected chi connectivity index (χ3v) is 3.71. The van der Waals surface area contributed by atoms with Crippen LogP contribution in [0.2, 0.25) is 0 Å². The molecule has 2 amide bonds. The number of hydrogen-bond donors (Lipinski definition) is 2. The number of rotatable bonds is 6. The molecule has 0 aromatic heterocycles. The van der Waals surface area contributed by atoms with Crippen molar-refractivity contribution < 1.29 is 28.5 Å². The summed E-state index contributed by atoms with van der Waals surface area (Å²) in [6.45, 7) is 4.01. The molecule has 0 saturated carbocycles. The zero-order valence-corrected chi connectivity index (χ0v) is 14.6. The maximum absolute atomic E-state index is 12.3. The first-order valence-electron chi connectivity index (χ1n) is 8.04. The summed E-state index contributed by atoms with van der Waals surface area (Å²) >= 11 is 0. The third kappa shape index (κ3) is 4.12. The molecule has 0 spiro atoms. The van der Waals surface area contributed by atoms with Crippen LogP contribution in [-0.4, -0.2) is 32.3 Å². The maximum Gasteiger partial charge on any atom is 0.269 e. The van der Waals surface area contributed by atoms with Crippen molar-refractivity contribution in [3.05, 3.63) is 60.2 Å². The van der Waals surface area contributed by atoms with E-state index in [1.807, 2.05) is 0 Å². The lowest BCUT2D eigenvalue weighted by Gasteiger charge is -2.12. The summed E-state index contributed by atoms with van der Waals surface area (Å²) in [6, 6.07) is 9.43. The van der Waals surface area contributed by atoms with Gasteiger partial charge >= 0.3 is 0 Å². The summed E-state index contributed by atoms with van der Waals surface area (Å²) in [7, 11) is 1.47. The van der Waals surface area contributed by atoms with Gasteiger partial charge in [-0.25, -0.2) is 0 Å². The van der Waals surface area contributed by atoms with E-state index in [4.69, 9.17) is 18.9 Å². The van der Waals surface area contributed by atoms with Crippen LogP contribution in [0, 0.1) is 0 Å². The first-order chi connectivity index (χ1) is 13.1. The molecule has 140 valence electrons. The van der Waals surface area contributed by atoms with E-state index in [0.29, 0.717) is 40.7 Å². The average Bonchev–Trinajstić information content (AvgIpc) is 3.17. The molecule has 3 rings (SSSR count). The summed E-state index contributed by atoms with van der Waals surface area (Å²) in [5, 5.41) is 0. The lowest BCUT2D eigenvalue weighted by molar-refractivity contribution is 0.0846. The van der Waals surface area contributed by atoms with Crippen LogP contribution in [0.4, 0.5) is 0 Å². The number of nitrogens with one attached hydrogen (secondary N) is 2. The number of benzene rings is 2. The minimum Gasteiger partial charge on any atom is -0.493 e. The van der Waals surface area contributed by atoms with Crippen LogP contribution in [-0.2, 0) is 0 Å². The number of ether oxygens (including phenoxy) is 4. The number of hydrazine groups is 1. The topological polar surface area (TPSA) is 95.1 Å². The minimum atomic E-state index is -0.502. The molecule has 0 atom stereocenters. The third-order valence-electron chi connectivity index (χ3n) is 3.71. The normalized spacial score (nSPS) is 11.4. The number of amides is 2. The van der Waals surface area contributed by atoms with Crippen molar-refractivity contribution >= 4 is 11.8 Å². The standard InChI is InChI=1S/C19H18N2O6/c1-3-8-25-14-6-4-12(9-16(14)24-2)18(22)20-21-19(23)13-5-7-15-17(10-13)27-11-26-15/h3-7,9-10H,1,8,11H2,2H3,(H,20,22)(H,21,23). The molecular weight excluding hydrogens is 352 g/mol. The molecule has 1 aliphatic heterocycles.